The molecule has 218 valence electrons. The van der Waals surface area contributed by atoms with Crippen LogP contribution in [0.5, 0.6) is 0 Å². The molecule has 39 heavy (non-hydrogen) atoms. The Morgan fingerprint density at radius 1 is 1.21 bits per heavy atom. The minimum atomic E-state index is -1.47. The molecule has 1 amide bonds. The monoisotopic (exact) mass is 547 g/mol. The molecule has 0 saturated carbocycles. The van der Waals surface area contributed by atoms with Crippen LogP contribution in [0.1, 0.15) is 73.6 Å². The maximum absolute atomic E-state index is 13.2. The molecule has 0 radical (unpaired) electrons. The predicted octanol–water partition coefficient (Wildman–Crippen LogP) is 3.92. The standard InChI is InChI=1S/C30H45NO8/c1-19(18-38-29(36)31-16-8-11-22(31)4)9-7-10-20(2)27-21(3)12-13-26(39-23(5)32)30(6,37)15-14-24(33)17-25(34)28(27)35/h7,9-10,12-13,19,21-22,24,26-27,33,37H,8,11,14-18H2,1-6H3/b9-7+,13-12+,20-10+/t19-,21+,22+,24+,26+,27-,30+/m1/s1. The van der Waals surface area contributed by atoms with Crippen LogP contribution in [0.4, 0.5) is 4.79 Å². The molecule has 0 aromatic rings. The van der Waals surface area contributed by atoms with Crippen LogP contribution in [0.2, 0.25) is 0 Å². The van der Waals surface area contributed by atoms with Crippen molar-refractivity contribution in [1.82, 2.24) is 4.90 Å². The number of ether oxygens (including phenoxy) is 2. The molecule has 1 aliphatic heterocycles. The van der Waals surface area contributed by atoms with Crippen LogP contribution in [-0.4, -0.2) is 75.7 Å². The first-order chi connectivity index (χ1) is 18.2. The van der Waals surface area contributed by atoms with E-state index in [0.717, 1.165) is 12.8 Å². The van der Waals surface area contributed by atoms with Gasteiger partial charge in [-0.15, -0.1) is 0 Å². The number of carbonyl (C=O) groups is 4. The van der Waals surface area contributed by atoms with E-state index in [0.29, 0.717) is 12.1 Å². The van der Waals surface area contributed by atoms with E-state index in [1.54, 1.807) is 43.1 Å². The summed E-state index contributed by atoms with van der Waals surface area (Å²) in [6.07, 6.45) is 7.97. The molecule has 7 atom stereocenters. The highest BCUT2D eigenvalue weighted by Gasteiger charge is 2.36. The van der Waals surface area contributed by atoms with Crippen molar-refractivity contribution in [2.45, 2.75) is 97.5 Å². The van der Waals surface area contributed by atoms with Crippen LogP contribution in [0, 0.1) is 17.8 Å². The Morgan fingerprint density at radius 3 is 2.51 bits per heavy atom. The van der Waals surface area contributed by atoms with Crippen LogP contribution in [0.3, 0.4) is 0 Å². The number of hydrogen-bond acceptors (Lipinski definition) is 8. The van der Waals surface area contributed by atoms with Gasteiger partial charge in [0.1, 0.15) is 11.7 Å². The van der Waals surface area contributed by atoms with Crippen molar-refractivity contribution in [1.29, 1.82) is 0 Å². The van der Waals surface area contributed by atoms with Crippen LogP contribution in [-0.2, 0) is 23.9 Å². The third-order valence-electron chi connectivity index (χ3n) is 7.53. The van der Waals surface area contributed by atoms with Gasteiger partial charge in [-0.05, 0) is 58.4 Å². The lowest BCUT2D eigenvalue weighted by molar-refractivity contribution is -0.156. The molecule has 1 heterocycles. The number of ketones is 2. The lowest BCUT2D eigenvalue weighted by Gasteiger charge is -2.32. The zero-order valence-corrected chi connectivity index (χ0v) is 24.1. The van der Waals surface area contributed by atoms with E-state index in [9.17, 15) is 29.4 Å². The molecule has 2 rings (SSSR count). The number of Topliss-reactive ketones (excluding diaryl/α,β-unsaturated/α-hetero) is 2. The topological polar surface area (TPSA) is 130 Å². The van der Waals surface area contributed by atoms with Gasteiger partial charge >= 0.3 is 12.1 Å². The smallest absolute Gasteiger partial charge is 0.410 e. The van der Waals surface area contributed by atoms with Crippen LogP contribution >= 0.6 is 0 Å². The van der Waals surface area contributed by atoms with Crippen molar-refractivity contribution < 1.29 is 38.9 Å². The average molecular weight is 548 g/mol. The maximum Gasteiger partial charge on any atom is 0.410 e. The quantitative estimate of drug-likeness (QED) is 0.221. The molecule has 0 spiro atoms. The van der Waals surface area contributed by atoms with Gasteiger partial charge in [0, 0.05) is 31.8 Å². The molecule has 2 aliphatic rings. The second kappa shape index (κ2) is 14.6. The molecule has 1 fully saturated rings. The van der Waals surface area contributed by atoms with E-state index in [2.05, 4.69) is 0 Å². The second-order valence-corrected chi connectivity index (χ2v) is 11.3. The molecule has 9 heteroatoms. The van der Waals surface area contributed by atoms with Gasteiger partial charge in [0.25, 0.3) is 0 Å². The number of carbonyl (C=O) groups excluding carboxylic acids is 4. The van der Waals surface area contributed by atoms with Gasteiger partial charge in [-0.25, -0.2) is 4.79 Å². The fraction of sp³-hybridized carbons (Fsp3) is 0.667. The summed E-state index contributed by atoms with van der Waals surface area (Å²) in [5.74, 6) is -3.17. The summed E-state index contributed by atoms with van der Waals surface area (Å²) < 4.78 is 10.8. The first kappa shape index (κ1) is 32.4. The van der Waals surface area contributed by atoms with Crippen molar-refractivity contribution in [3.05, 3.63) is 36.0 Å². The third kappa shape index (κ3) is 9.72. The Bertz CT molecular complexity index is 981. The Hall–Kier alpha value is -2.78. The number of nitrogens with zero attached hydrogens (tertiary/aromatic N) is 1. The zero-order chi connectivity index (χ0) is 29.3. The molecule has 0 aromatic carbocycles. The van der Waals surface area contributed by atoms with Gasteiger partial charge in [0.05, 0.1) is 18.6 Å². The van der Waals surface area contributed by atoms with Gasteiger partial charge in [0.2, 0.25) is 11.6 Å². The van der Waals surface area contributed by atoms with Gasteiger partial charge in [-0.2, -0.15) is 0 Å². The number of rotatable bonds is 6. The van der Waals surface area contributed by atoms with E-state index in [-0.39, 0.29) is 43.9 Å². The summed E-state index contributed by atoms with van der Waals surface area (Å²) >= 11 is 0. The van der Waals surface area contributed by atoms with Crippen molar-refractivity contribution in [2.24, 2.45) is 17.8 Å². The Labute approximate surface area is 231 Å². The lowest BCUT2D eigenvalue weighted by atomic mass is 9.79. The van der Waals surface area contributed by atoms with Crippen LogP contribution in [0.25, 0.3) is 0 Å². The van der Waals surface area contributed by atoms with Crippen molar-refractivity contribution >= 4 is 23.6 Å². The molecule has 0 unspecified atom stereocenters. The Kier molecular flexibility index (Phi) is 12.1. The van der Waals surface area contributed by atoms with Gasteiger partial charge in [0.15, 0.2) is 0 Å². The average Bonchev–Trinajstić information content (AvgIpc) is 3.29. The molecule has 0 bridgehead atoms. The number of allylic oxidation sites excluding steroid dienone is 4. The fourth-order valence-corrected chi connectivity index (χ4v) is 5.04. The van der Waals surface area contributed by atoms with E-state index in [4.69, 9.17) is 9.47 Å². The minimum absolute atomic E-state index is 0.0640. The Balaban J connectivity index is 2.19. The highest BCUT2D eigenvalue weighted by Crippen LogP contribution is 2.29. The number of aliphatic hydroxyl groups is 2. The lowest BCUT2D eigenvalue weighted by Crippen LogP contribution is -2.42. The van der Waals surface area contributed by atoms with Crippen LogP contribution < -0.4 is 0 Å². The second-order valence-electron chi connectivity index (χ2n) is 11.3. The van der Waals surface area contributed by atoms with Gasteiger partial charge < -0.3 is 24.6 Å². The SMILES string of the molecule is CC(=O)O[C@H]1/C=C/[C@H](C)[C@@H](/C(C)=C/C=C/[C@@H](C)COC(=O)N2CCC[C@@H]2C)C(=O)C(=O)C[C@@H](O)CC[C@]1(C)O. The molecule has 0 aromatic heterocycles. The molecular formula is C30H45NO8. The van der Waals surface area contributed by atoms with Crippen LogP contribution in [0.15, 0.2) is 36.0 Å². The number of esters is 1. The first-order valence-electron chi connectivity index (χ1n) is 13.8. The summed E-state index contributed by atoms with van der Waals surface area (Å²) in [6, 6.07) is 0.188. The van der Waals surface area contributed by atoms with Crippen molar-refractivity contribution in [3.63, 3.8) is 0 Å². The van der Waals surface area contributed by atoms with Crippen molar-refractivity contribution in [2.75, 3.05) is 13.2 Å². The third-order valence-corrected chi connectivity index (χ3v) is 7.53. The fourth-order valence-electron chi connectivity index (χ4n) is 5.04. The first-order valence-corrected chi connectivity index (χ1v) is 13.8. The summed E-state index contributed by atoms with van der Waals surface area (Å²) in [7, 11) is 0. The number of aliphatic hydroxyl groups excluding tert-OH is 1. The molecule has 9 nitrogen and oxygen atoms in total. The number of likely N-dealkylation sites (tertiary alicyclic amines) is 1. The van der Waals surface area contributed by atoms with E-state index >= 15 is 0 Å². The summed E-state index contributed by atoms with van der Waals surface area (Å²) in [4.78, 5) is 51.7. The molecule has 2 N–H and O–H groups in total. The molecule has 1 saturated heterocycles. The molecular weight excluding hydrogens is 502 g/mol. The van der Waals surface area contributed by atoms with E-state index in [1.807, 2.05) is 19.9 Å². The zero-order valence-electron chi connectivity index (χ0n) is 24.1. The number of hydrogen-bond donors (Lipinski definition) is 2. The maximum atomic E-state index is 13.2. The number of amides is 1. The summed E-state index contributed by atoms with van der Waals surface area (Å²) in [6.45, 7) is 11.1. The van der Waals surface area contributed by atoms with E-state index in [1.165, 1.54) is 13.8 Å². The van der Waals surface area contributed by atoms with Gasteiger partial charge in [-0.1, -0.05) is 43.7 Å². The van der Waals surface area contributed by atoms with Gasteiger partial charge in [-0.3, -0.25) is 14.4 Å². The highest BCUT2D eigenvalue weighted by atomic mass is 16.6. The molecule has 1 aliphatic carbocycles. The highest BCUT2D eigenvalue weighted by molar-refractivity contribution is 6.38. The summed E-state index contributed by atoms with van der Waals surface area (Å²) in [5.41, 5.74) is -0.829. The predicted molar refractivity (Wildman–Crippen MR) is 147 cm³/mol. The minimum Gasteiger partial charge on any atom is -0.455 e. The summed E-state index contributed by atoms with van der Waals surface area (Å²) in [5, 5.41) is 21.3. The Morgan fingerprint density at radius 2 is 1.90 bits per heavy atom. The van der Waals surface area contributed by atoms with Crippen molar-refractivity contribution in [3.8, 4) is 0 Å². The normalized spacial score (nSPS) is 32.9. The van der Waals surface area contributed by atoms with E-state index < -0.39 is 47.2 Å². The largest absolute Gasteiger partial charge is 0.455 e.